The van der Waals surface area contributed by atoms with E-state index in [0.29, 0.717) is 5.69 Å². The third-order valence-electron chi connectivity index (χ3n) is 5.22. The van der Waals surface area contributed by atoms with E-state index in [4.69, 9.17) is 9.84 Å². The van der Waals surface area contributed by atoms with Crippen LogP contribution < -0.4 is 5.32 Å². The molecule has 32 heavy (non-hydrogen) atoms. The zero-order valence-electron chi connectivity index (χ0n) is 16.9. The Balaban J connectivity index is 1.32. The van der Waals surface area contributed by atoms with E-state index >= 15 is 0 Å². The molecule has 1 heterocycles. The van der Waals surface area contributed by atoms with Crippen molar-refractivity contribution in [1.82, 2.24) is 4.98 Å². The van der Waals surface area contributed by atoms with Gasteiger partial charge in [-0.1, -0.05) is 12.1 Å². The molecule has 1 saturated carbocycles. The van der Waals surface area contributed by atoms with Crippen LogP contribution in [0, 0.1) is 11.6 Å². The molecule has 0 spiro atoms. The number of anilines is 1. The number of aliphatic carboxylic acids is 1. The van der Waals surface area contributed by atoms with Gasteiger partial charge in [0.05, 0.1) is 22.4 Å². The maximum Gasteiger partial charge on any atom is 0.329 e. The number of nitrogens with zero attached hydrogens (tertiary/aromatic N) is 1. The number of halogens is 2. The molecule has 1 aliphatic carbocycles. The molecule has 2 N–H and O–H groups in total. The van der Waals surface area contributed by atoms with E-state index in [1.54, 1.807) is 29.7 Å². The molecule has 3 aromatic rings. The molecule has 0 radical (unpaired) electrons. The van der Waals surface area contributed by atoms with Crippen LogP contribution in [0.5, 0.6) is 0 Å². The molecule has 0 bridgehead atoms. The Labute approximate surface area is 186 Å². The first-order chi connectivity index (χ1) is 15.4. The maximum atomic E-state index is 13.7. The summed E-state index contributed by atoms with van der Waals surface area (Å²) in [7, 11) is 0. The SMILES string of the molecule is O=C(O)COC1CC(c2ncc(-c3ccc(NC(=O)Cc4cc(F)ccc4F)cc3)s2)C1. The molecule has 1 amide bonds. The number of nitrogens with one attached hydrogen (secondary N) is 1. The van der Waals surface area contributed by atoms with Crippen LogP contribution in [0.4, 0.5) is 14.5 Å². The Bertz CT molecular complexity index is 1130. The Morgan fingerprint density at radius 2 is 1.91 bits per heavy atom. The van der Waals surface area contributed by atoms with E-state index in [9.17, 15) is 18.4 Å². The quantitative estimate of drug-likeness (QED) is 0.514. The van der Waals surface area contributed by atoms with Gasteiger partial charge in [0, 0.05) is 23.4 Å². The van der Waals surface area contributed by atoms with Crippen LogP contribution >= 0.6 is 11.3 Å². The van der Waals surface area contributed by atoms with Gasteiger partial charge in [0.2, 0.25) is 5.91 Å². The number of ether oxygens (including phenoxy) is 1. The van der Waals surface area contributed by atoms with Crippen LogP contribution in [0.3, 0.4) is 0 Å². The van der Waals surface area contributed by atoms with Crippen molar-refractivity contribution in [3.63, 3.8) is 0 Å². The molecule has 1 aliphatic rings. The van der Waals surface area contributed by atoms with Crippen molar-refractivity contribution in [3.05, 3.63) is 70.9 Å². The van der Waals surface area contributed by atoms with Gasteiger partial charge < -0.3 is 15.2 Å². The van der Waals surface area contributed by atoms with Crippen molar-refractivity contribution >= 4 is 28.9 Å². The van der Waals surface area contributed by atoms with E-state index in [1.165, 1.54) is 0 Å². The zero-order valence-corrected chi connectivity index (χ0v) is 17.7. The molecule has 1 aromatic heterocycles. The second-order valence-corrected chi connectivity index (χ2v) is 8.66. The van der Waals surface area contributed by atoms with Crippen molar-refractivity contribution in [1.29, 1.82) is 0 Å². The van der Waals surface area contributed by atoms with Gasteiger partial charge >= 0.3 is 5.97 Å². The van der Waals surface area contributed by atoms with E-state index in [0.717, 1.165) is 46.5 Å². The molecular formula is C23H20F2N2O4S. The highest BCUT2D eigenvalue weighted by molar-refractivity contribution is 7.15. The zero-order chi connectivity index (χ0) is 22.7. The summed E-state index contributed by atoms with van der Waals surface area (Å²) >= 11 is 1.57. The number of aromatic nitrogens is 1. The second kappa shape index (κ2) is 9.54. The molecule has 2 aromatic carbocycles. The van der Waals surface area contributed by atoms with Gasteiger partial charge in [-0.05, 0) is 48.7 Å². The van der Waals surface area contributed by atoms with Gasteiger partial charge in [-0.25, -0.2) is 18.6 Å². The van der Waals surface area contributed by atoms with Gasteiger partial charge in [-0.3, -0.25) is 4.79 Å². The van der Waals surface area contributed by atoms with Gasteiger partial charge in [0.25, 0.3) is 0 Å². The van der Waals surface area contributed by atoms with Crippen molar-refractivity contribution in [2.45, 2.75) is 31.3 Å². The third-order valence-corrected chi connectivity index (χ3v) is 6.43. The fourth-order valence-corrected chi connectivity index (χ4v) is 4.53. The predicted molar refractivity (Wildman–Crippen MR) is 116 cm³/mol. The number of rotatable bonds is 8. The average molecular weight is 458 g/mol. The minimum Gasteiger partial charge on any atom is -0.480 e. The number of benzene rings is 2. The number of carboxylic acids is 1. The smallest absolute Gasteiger partial charge is 0.329 e. The minimum atomic E-state index is -0.967. The summed E-state index contributed by atoms with van der Waals surface area (Å²) in [5.41, 5.74) is 1.50. The number of hydrogen-bond acceptors (Lipinski definition) is 5. The summed E-state index contributed by atoms with van der Waals surface area (Å²) in [6.07, 6.45) is 3.02. The van der Waals surface area contributed by atoms with Crippen LogP contribution in [0.2, 0.25) is 0 Å². The van der Waals surface area contributed by atoms with Gasteiger partial charge in [-0.2, -0.15) is 0 Å². The molecule has 4 rings (SSSR count). The molecule has 1 fully saturated rings. The van der Waals surface area contributed by atoms with Crippen LogP contribution in [-0.2, 0) is 20.7 Å². The summed E-state index contributed by atoms with van der Waals surface area (Å²) in [5.74, 6) is -2.34. The van der Waals surface area contributed by atoms with Crippen LogP contribution in [0.1, 0.15) is 29.3 Å². The largest absolute Gasteiger partial charge is 0.480 e. The van der Waals surface area contributed by atoms with Gasteiger partial charge in [0.1, 0.15) is 18.2 Å². The highest BCUT2D eigenvalue weighted by atomic mass is 32.1. The molecule has 0 aliphatic heterocycles. The van der Waals surface area contributed by atoms with Crippen molar-refractivity contribution in [3.8, 4) is 10.4 Å². The molecular weight excluding hydrogens is 438 g/mol. The number of thiazole rings is 1. The molecule has 6 nitrogen and oxygen atoms in total. The predicted octanol–water partition coefficient (Wildman–Crippen LogP) is 4.62. The Hall–Kier alpha value is -3.17. The Kier molecular flexibility index (Phi) is 6.57. The van der Waals surface area contributed by atoms with E-state index in [1.807, 2.05) is 12.1 Å². The number of carboxylic acid groups (broad SMARTS) is 1. The highest BCUT2D eigenvalue weighted by Gasteiger charge is 2.33. The number of carbonyl (C=O) groups is 2. The summed E-state index contributed by atoms with van der Waals surface area (Å²) in [4.78, 5) is 28.2. The monoisotopic (exact) mass is 458 g/mol. The summed E-state index contributed by atoms with van der Waals surface area (Å²) in [6.45, 7) is -0.277. The number of carbonyl (C=O) groups excluding carboxylic acids is 1. The first kappa shape index (κ1) is 22.0. The minimum absolute atomic E-state index is 0.00269. The van der Waals surface area contributed by atoms with Crippen molar-refractivity contribution in [2.75, 3.05) is 11.9 Å². The van der Waals surface area contributed by atoms with E-state index in [2.05, 4.69) is 10.3 Å². The molecule has 0 atom stereocenters. The van der Waals surface area contributed by atoms with E-state index in [-0.39, 0.29) is 30.6 Å². The third kappa shape index (κ3) is 5.35. The van der Waals surface area contributed by atoms with E-state index < -0.39 is 23.5 Å². The molecule has 0 saturated heterocycles. The number of hydrogen-bond donors (Lipinski definition) is 2. The lowest BCUT2D eigenvalue weighted by molar-refractivity contribution is -0.146. The second-order valence-electron chi connectivity index (χ2n) is 7.60. The lowest BCUT2D eigenvalue weighted by Gasteiger charge is -2.33. The molecule has 9 heteroatoms. The Morgan fingerprint density at radius 1 is 1.16 bits per heavy atom. The summed E-state index contributed by atoms with van der Waals surface area (Å²) in [6, 6.07) is 10.2. The number of amides is 1. The van der Waals surface area contributed by atoms with Crippen LogP contribution in [-0.4, -0.2) is 34.7 Å². The fraction of sp³-hybridized carbons (Fsp3) is 0.261. The fourth-order valence-electron chi connectivity index (χ4n) is 3.48. The van der Waals surface area contributed by atoms with Gasteiger partial charge in [0.15, 0.2) is 0 Å². The van der Waals surface area contributed by atoms with Crippen LogP contribution in [0.15, 0.2) is 48.7 Å². The van der Waals surface area contributed by atoms with Crippen LogP contribution in [0.25, 0.3) is 10.4 Å². The van der Waals surface area contributed by atoms with Gasteiger partial charge in [-0.15, -0.1) is 11.3 Å². The van der Waals surface area contributed by atoms with Crippen molar-refractivity contribution in [2.24, 2.45) is 0 Å². The average Bonchev–Trinajstić information content (AvgIpc) is 3.19. The Morgan fingerprint density at radius 3 is 2.62 bits per heavy atom. The summed E-state index contributed by atoms with van der Waals surface area (Å²) in [5, 5.41) is 12.3. The first-order valence-electron chi connectivity index (χ1n) is 10.0. The normalized spacial score (nSPS) is 17.6. The molecule has 0 unspecified atom stereocenters. The molecule has 166 valence electrons. The van der Waals surface area contributed by atoms with Crippen molar-refractivity contribution < 1.29 is 28.2 Å². The highest BCUT2D eigenvalue weighted by Crippen LogP contribution is 2.42. The maximum absolute atomic E-state index is 13.7. The summed E-state index contributed by atoms with van der Waals surface area (Å²) < 4.78 is 32.2. The standard InChI is InChI=1S/C23H20F2N2O4S/c24-16-3-6-19(25)14(7-16)10-21(28)27-17-4-1-13(2-5-17)20-11-26-23(32-20)15-8-18(9-15)31-12-22(29)30/h1-7,11,15,18H,8-10,12H2,(H,27,28)(H,29,30). The first-order valence-corrected chi connectivity index (χ1v) is 10.8. The lowest BCUT2D eigenvalue weighted by atomic mass is 9.83. The topological polar surface area (TPSA) is 88.5 Å². The lowest BCUT2D eigenvalue weighted by Crippen LogP contribution is -2.31.